The molecular weight excluding hydrogens is 224 g/mol. The summed E-state index contributed by atoms with van der Waals surface area (Å²) in [5.74, 6) is 0.0894. The monoisotopic (exact) mass is 240 g/mol. The van der Waals surface area contributed by atoms with Crippen LogP contribution in [0.4, 0.5) is 5.69 Å². The molecule has 92 valence electrons. The van der Waals surface area contributed by atoms with E-state index in [0.29, 0.717) is 0 Å². The van der Waals surface area contributed by atoms with Gasteiger partial charge in [-0.3, -0.25) is 9.78 Å². The lowest BCUT2D eigenvalue weighted by Crippen LogP contribution is -2.02. The normalized spacial score (nSPS) is 10.1. The number of anilines is 1. The number of aromatic nitrogens is 1. The van der Waals surface area contributed by atoms with E-state index >= 15 is 0 Å². The summed E-state index contributed by atoms with van der Waals surface area (Å²) in [6, 6.07) is 9.53. The van der Waals surface area contributed by atoms with Crippen LogP contribution in [0.5, 0.6) is 0 Å². The smallest absolute Gasteiger partial charge is 0.159 e. The van der Waals surface area contributed by atoms with E-state index in [1.54, 1.807) is 13.1 Å². The van der Waals surface area contributed by atoms with Crippen LogP contribution in [0.25, 0.3) is 0 Å². The van der Waals surface area contributed by atoms with Crippen molar-refractivity contribution in [1.29, 1.82) is 0 Å². The topological polar surface area (TPSA) is 42.0 Å². The number of carbonyl (C=O) groups is 1. The van der Waals surface area contributed by atoms with E-state index in [-0.39, 0.29) is 5.78 Å². The van der Waals surface area contributed by atoms with Crippen LogP contribution in [0.3, 0.4) is 0 Å². The lowest BCUT2D eigenvalue weighted by Gasteiger charge is -2.08. The Bertz CT molecular complexity index is 547. The van der Waals surface area contributed by atoms with Gasteiger partial charge in [0.25, 0.3) is 0 Å². The Labute approximate surface area is 107 Å². The maximum absolute atomic E-state index is 11.2. The molecule has 1 heterocycles. The number of pyridine rings is 1. The zero-order valence-corrected chi connectivity index (χ0v) is 10.6. The number of Topliss-reactive ketones (excluding diaryl/α,β-unsaturated/α-hetero) is 1. The molecule has 0 saturated carbocycles. The SMILES string of the molecule is CC(=O)c1ccc(NCc2ccncc2C)cc1. The van der Waals surface area contributed by atoms with Gasteiger partial charge in [-0.2, -0.15) is 0 Å². The molecule has 1 aromatic carbocycles. The van der Waals surface area contributed by atoms with Crippen LogP contribution in [0.15, 0.2) is 42.7 Å². The van der Waals surface area contributed by atoms with E-state index in [1.807, 2.05) is 43.5 Å². The van der Waals surface area contributed by atoms with Crippen molar-refractivity contribution in [3.05, 3.63) is 59.4 Å². The second kappa shape index (κ2) is 5.45. The van der Waals surface area contributed by atoms with Crippen molar-refractivity contribution < 1.29 is 4.79 Å². The number of aryl methyl sites for hydroxylation is 1. The lowest BCUT2D eigenvalue weighted by atomic mass is 10.1. The van der Waals surface area contributed by atoms with E-state index in [0.717, 1.165) is 17.8 Å². The Hall–Kier alpha value is -2.16. The van der Waals surface area contributed by atoms with Gasteiger partial charge in [0, 0.05) is 30.2 Å². The molecule has 0 saturated heterocycles. The standard InChI is InChI=1S/C15H16N2O/c1-11-9-16-8-7-14(11)10-17-15-5-3-13(4-6-15)12(2)18/h3-9,17H,10H2,1-2H3. The second-order valence-electron chi connectivity index (χ2n) is 4.29. The number of rotatable bonds is 4. The van der Waals surface area contributed by atoms with Crippen molar-refractivity contribution in [2.24, 2.45) is 0 Å². The molecule has 0 aliphatic carbocycles. The third-order valence-electron chi connectivity index (χ3n) is 2.91. The van der Waals surface area contributed by atoms with Gasteiger partial charge in [0.1, 0.15) is 0 Å². The molecule has 3 nitrogen and oxygen atoms in total. The average Bonchev–Trinajstić information content (AvgIpc) is 2.38. The highest BCUT2D eigenvalue weighted by molar-refractivity contribution is 5.94. The Morgan fingerprint density at radius 3 is 2.56 bits per heavy atom. The Balaban J connectivity index is 2.02. The summed E-state index contributed by atoms with van der Waals surface area (Å²) in [5, 5.41) is 3.33. The van der Waals surface area contributed by atoms with Crippen molar-refractivity contribution in [2.45, 2.75) is 20.4 Å². The first-order valence-corrected chi connectivity index (χ1v) is 5.91. The van der Waals surface area contributed by atoms with E-state index in [1.165, 1.54) is 11.1 Å². The summed E-state index contributed by atoms with van der Waals surface area (Å²) in [5.41, 5.74) is 4.14. The predicted molar refractivity (Wildman–Crippen MR) is 72.7 cm³/mol. The van der Waals surface area contributed by atoms with E-state index in [2.05, 4.69) is 10.3 Å². The van der Waals surface area contributed by atoms with Crippen LogP contribution in [0, 0.1) is 6.92 Å². The highest BCUT2D eigenvalue weighted by atomic mass is 16.1. The van der Waals surface area contributed by atoms with Crippen LogP contribution in [0.1, 0.15) is 28.4 Å². The molecular formula is C15H16N2O. The fraction of sp³-hybridized carbons (Fsp3) is 0.200. The molecule has 2 aromatic rings. The second-order valence-corrected chi connectivity index (χ2v) is 4.29. The van der Waals surface area contributed by atoms with Crippen LogP contribution >= 0.6 is 0 Å². The van der Waals surface area contributed by atoms with Gasteiger partial charge in [-0.15, -0.1) is 0 Å². The van der Waals surface area contributed by atoms with E-state index in [9.17, 15) is 4.79 Å². The summed E-state index contributed by atoms with van der Waals surface area (Å²) in [7, 11) is 0. The summed E-state index contributed by atoms with van der Waals surface area (Å²) in [6.45, 7) is 4.37. The third kappa shape index (κ3) is 2.94. The summed E-state index contributed by atoms with van der Waals surface area (Å²) in [4.78, 5) is 15.2. The maximum atomic E-state index is 11.2. The number of hydrogen-bond acceptors (Lipinski definition) is 3. The zero-order valence-electron chi connectivity index (χ0n) is 10.6. The van der Waals surface area contributed by atoms with Gasteiger partial charge in [0.05, 0.1) is 0 Å². The Morgan fingerprint density at radius 2 is 1.94 bits per heavy atom. The van der Waals surface area contributed by atoms with Crippen molar-refractivity contribution >= 4 is 11.5 Å². The minimum absolute atomic E-state index is 0.0894. The van der Waals surface area contributed by atoms with Crippen molar-refractivity contribution in [2.75, 3.05) is 5.32 Å². The highest BCUT2D eigenvalue weighted by Gasteiger charge is 2.00. The van der Waals surface area contributed by atoms with Crippen molar-refractivity contribution in [3.8, 4) is 0 Å². The molecule has 0 spiro atoms. The average molecular weight is 240 g/mol. The fourth-order valence-electron chi connectivity index (χ4n) is 1.72. The fourth-order valence-corrected chi connectivity index (χ4v) is 1.72. The molecule has 0 radical (unpaired) electrons. The summed E-state index contributed by atoms with van der Waals surface area (Å²) in [6.07, 6.45) is 3.65. The minimum Gasteiger partial charge on any atom is -0.381 e. The Morgan fingerprint density at radius 1 is 1.22 bits per heavy atom. The van der Waals surface area contributed by atoms with Gasteiger partial charge in [-0.1, -0.05) is 0 Å². The number of carbonyl (C=O) groups excluding carboxylic acids is 1. The number of nitrogens with zero attached hydrogens (tertiary/aromatic N) is 1. The molecule has 0 aliphatic rings. The van der Waals surface area contributed by atoms with Crippen LogP contribution < -0.4 is 5.32 Å². The molecule has 0 unspecified atom stereocenters. The van der Waals surface area contributed by atoms with Gasteiger partial charge in [0.15, 0.2) is 5.78 Å². The van der Waals surface area contributed by atoms with Gasteiger partial charge in [-0.05, 0) is 55.3 Å². The molecule has 3 heteroatoms. The molecule has 0 amide bonds. The van der Waals surface area contributed by atoms with Gasteiger partial charge in [0.2, 0.25) is 0 Å². The minimum atomic E-state index is 0.0894. The number of benzene rings is 1. The van der Waals surface area contributed by atoms with Crippen LogP contribution in [-0.2, 0) is 6.54 Å². The highest BCUT2D eigenvalue weighted by Crippen LogP contribution is 2.13. The predicted octanol–water partition coefficient (Wildman–Crippen LogP) is 3.20. The largest absolute Gasteiger partial charge is 0.381 e. The molecule has 0 aliphatic heterocycles. The van der Waals surface area contributed by atoms with Crippen LogP contribution in [0.2, 0.25) is 0 Å². The van der Waals surface area contributed by atoms with Gasteiger partial charge >= 0.3 is 0 Å². The molecule has 0 bridgehead atoms. The third-order valence-corrected chi connectivity index (χ3v) is 2.91. The van der Waals surface area contributed by atoms with Crippen LogP contribution in [-0.4, -0.2) is 10.8 Å². The Kier molecular flexibility index (Phi) is 3.72. The number of hydrogen-bond donors (Lipinski definition) is 1. The number of ketones is 1. The quantitative estimate of drug-likeness (QED) is 0.834. The molecule has 0 atom stereocenters. The molecule has 0 fully saturated rings. The van der Waals surface area contributed by atoms with E-state index in [4.69, 9.17) is 0 Å². The zero-order chi connectivity index (χ0) is 13.0. The summed E-state index contributed by atoms with van der Waals surface area (Å²) < 4.78 is 0. The van der Waals surface area contributed by atoms with Crippen molar-refractivity contribution in [1.82, 2.24) is 4.98 Å². The first-order chi connectivity index (χ1) is 8.66. The number of nitrogens with one attached hydrogen (secondary N) is 1. The first kappa shape index (κ1) is 12.3. The van der Waals surface area contributed by atoms with Gasteiger partial charge < -0.3 is 5.32 Å². The summed E-state index contributed by atoms with van der Waals surface area (Å²) >= 11 is 0. The maximum Gasteiger partial charge on any atom is 0.159 e. The molecule has 1 aromatic heterocycles. The molecule has 1 N–H and O–H groups in total. The first-order valence-electron chi connectivity index (χ1n) is 5.91. The molecule has 18 heavy (non-hydrogen) atoms. The molecule has 2 rings (SSSR count). The van der Waals surface area contributed by atoms with Gasteiger partial charge in [-0.25, -0.2) is 0 Å². The van der Waals surface area contributed by atoms with Crippen molar-refractivity contribution in [3.63, 3.8) is 0 Å². The lowest BCUT2D eigenvalue weighted by molar-refractivity contribution is 0.101. The van der Waals surface area contributed by atoms with E-state index < -0.39 is 0 Å².